The molecule has 0 aromatic rings. The second kappa shape index (κ2) is 5.47. The van der Waals surface area contributed by atoms with E-state index in [2.05, 4.69) is 28.4 Å². The van der Waals surface area contributed by atoms with E-state index in [-0.39, 0.29) is 0 Å². The second-order valence-electron chi connectivity index (χ2n) is 3.91. The molecule has 1 rings (SSSR count). The zero-order valence-corrected chi connectivity index (χ0v) is 10.2. The van der Waals surface area contributed by atoms with Gasteiger partial charge in [-0.1, -0.05) is 19.2 Å². The summed E-state index contributed by atoms with van der Waals surface area (Å²) in [5.41, 5.74) is 3.26. The molecule has 0 unspecified atom stereocenters. The van der Waals surface area contributed by atoms with Gasteiger partial charge in [-0.05, 0) is 32.8 Å². The van der Waals surface area contributed by atoms with E-state index in [1.54, 1.807) is 6.20 Å². The summed E-state index contributed by atoms with van der Waals surface area (Å²) in [5.74, 6) is 0.840. The fourth-order valence-corrected chi connectivity index (χ4v) is 1.65. The largest absolute Gasteiger partial charge is 0.347 e. The number of hydrogen-bond donors (Lipinski definition) is 1. The van der Waals surface area contributed by atoms with Crippen LogP contribution < -0.4 is 5.32 Å². The van der Waals surface area contributed by atoms with Gasteiger partial charge in [0.2, 0.25) is 0 Å². The van der Waals surface area contributed by atoms with Crippen LogP contribution in [-0.4, -0.2) is 31.4 Å². The molecule has 16 heavy (non-hydrogen) atoms. The van der Waals surface area contributed by atoms with Crippen LogP contribution in [0.1, 0.15) is 6.92 Å². The van der Waals surface area contributed by atoms with E-state index in [1.807, 2.05) is 33.3 Å². The van der Waals surface area contributed by atoms with Gasteiger partial charge >= 0.3 is 0 Å². The molecular weight excluding hydrogens is 198 g/mol. The Morgan fingerprint density at radius 1 is 1.56 bits per heavy atom. The Morgan fingerprint density at radius 2 is 2.25 bits per heavy atom. The molecule has 3 nitrogen and oxygen atoms in total. The Bertz CT molecular complexity index is 384. The van der Waals surface area contributed by atoms with Crippen LogP contribution in [0.15, 0.2) is 53.3 Å². The molecule has 0 spiro atoms. The van der Waals surface area contributed by atoms with Gasteiger partial charge in [-0.2, -0.15) is 0 Å². The minimum absolute atomic E-state index is 0.833. The van der Waals surface area contributed by atoms with Crippen molar-refractivity contribution >= 4 is 5.84 Å². The smallest absolute Gasteiger partial charge is 0.137 e. The quantitative estimate of drug-likeness (QED) is 0.780. The van der Waals surface area contributed by atoms with Crippen LogP contribution in [-0.2, 0) is 0 Å². The first-order valence-corrected chi connectivity index (χ1v) is 5.25. The number of likely N-dealkylation sites (N-methyl/N-ethyl adjacent to an activating group) is 1. The maximum absolute atomic E-state index is 4.31. The molecule has 0 atom stereocenters. The van der Waals surface area contributed by atoms with Gasteiger partial charge in [0, 0.05) is 23.9 Å². The van der Waals surface area contributed by atoms with E-state index >= 15 is 0 Å². The standard InChI is InChI=1S/C13H19N3/c1-6-11-12(10(3)9-16(4)5)8-15-13(11)14-7-2/h6-8H,2-3,9H2,1,4-5H3,(H,14,15)/b11-6-. The Hall–Kier alpha value is -1.61. The van der Waals surface area contributed by atoms with Crippen molar-refractivity contribution in [3.8, 4) is 0 Å². The van der Waals surface area contributed by atoms with Crippen LogP contribution >= 0.6 is 0 Å². The maximum atomic E-state index is 4.31. The third-order valence-electron chi connectivity index (χ3n) is 2.28. The average molecular weight is 217 g/mol. The third-order valence-corrected chi connectivity index (χ3v) is 2.28. The zero-order chi connectivity index (χ0) is 12.1. The van der Waals surface area contributed by atoms with Crippen LogP contribution in [0.5, 0.6) is 0 Å². The molecule has 1 N–H and O–H groups in total. The lowest BCUT2D eigenvalue weighted by Crippen LogP contribution is -2.20. The van der Waals surface area contributed by atoms with Gasteiger partial charge in [-0.25, -0.2) is 4.99 Å². The summed E-state index contributed by atoms with van der Waals surface area (Å²) in [7, 11) is 4.06. The summed E-state index contributed by atoms with van der Waals surface area (Å²) in [6.07, 6.45) is 5.52. The summed E-state index contributed by atoms with van der Waals surface area (Å²) in [6.45, 7) is 10.6. The van der Waals surface area contributed by atoms with Gasteiger partial charge in [0.05, 0.1) is 0 Å². The molecule has 0 amide bonds. The molecule has 3 heteroatoms. The molecule has 0 bridgehead atoms. The molecule has 0 radical (unpaired) electrons. The summed E-state index contributed by atoms with van der Waals surface area (Å²) in [5, 5.41) is 3.02. The highest BCUT2D eigenvalue weighted by Gasteiger charge is 2.18. The molecule has 1 aliphatic rings. The minimum atomic E-state index is 0.833. The predicted molar refractivity (Wildman–Crippen MR) is 70.3 cm³/mol. The van der Waals surface area contributed by atoms with E-state index in [4.69, 9.17) is 0 Å². The molecule has 0 saturated heterocycles. The molecule has 0 aliphatic carbocycles. The molecule has 1 heterocycles. The lowest BCUT2D eigenvalue weighted by molar-refractivity contribution is 0.448. The van der Waals surface area contributed by atoms with Crippen LogP contribution in [0.4, 0.5) is 0 Å². The minimum Gasteiger partial charge on any atom is -0.347 e. The van der Waals surface area contributed by atoms with Crippen molar-refractivity contribution in [3.05, 3.63) is 48.4 Å². The van der Waals surface area contributed by atoms with Gasteiger partial charge in [0.15, 0.2) is 0 Å². The molecule has 0 aromatic carbocycles. The first kappa shape index (κ1) is 12.5. The van der Waals surface area contributed by atoms with Gasteiger partial charge in [-0.15, -0.1) is 0 Å². The van der Waals surface area contributed by atoms with Crippen molar-refractivity contribution in [2.45, 2.75) is 6.92 Å². The summed E-state index contributed by atoms with van der Waals surface area (Å²) in [4.78, 5) is 6.40. The lowest BCUT2D eigenvalue weighted by atomic mass is 10.0. The normalized spacial score (nSPS) is 17.4. The fourth-order valence-electron chi connectivity index (χ4n) is 1.65. The molecular formula is C13H19N3. The van der Waals surface area contributed by atoms with Crippen molar-refractivity contribution in [2.24, 2.45) is 4.99 Å². The number of nitrogens with one attached hydrogen (secondary N) is 1. The number of amidine groups is 1. The van der Waals surface area contributed by atoms with E-state index in [0.717, 1.165) is 29.1 Å². The topological polar surface area (TPSA) is 27.6 Å². The van der Waals surface area contributed by atoms with Crippen molar-refractivity contribution in [2.75, 3.05) is 20.6 Å². The number of nitrogens with zero attached hydrogens (tertiary/aromatic N) is 2. The summed E-state index contributed by atoms with van der Waals surface area (Å²) < 4.78 is 0. The van der Waals surface area contributed by atoms with Crippen molar-refractivity contribution in [3.63, 3.8) is 0 Å². The molecule has 1 aliphatic heterocycles. The van der Waals surface area contributed by atoms with Crippen LogP contribution in [0.25, 0.3) is 0 Å². The number of hydrogen-bond acceptors (Lipinski definition) is 3. The Kier molecular flexibility index (Phi) is 4.26. The summed E-state index contributed by atoms with van der Waals surface area (Å²) in [6, 6.07) is 0. The van der Waals surface area contributed by atoms with Crippen molar-refractivity contribution in [1.82, 2.24) is 10.2 Å². The Morgan fingerprint density at radius 3 is 2.75 bits per heavy atom. The lowest BCUT2D eigenvalue weighted by Gasteiger charge is -2.14. The molecule has 0 saturated carbocycles. The van der Waals surface area contributed by atoms with E-state index in [9.17, 15) is 0 Å². The number of rotatable bonds is 4. The van der Waals surface area contributed by atoms with Crippen LogP contribution in [0.2, 0.25) is 0 Å². The molecule has 0 aromatic heterocycles. The van der Waals surface area contributed by atoms with Crippen LogP contribution in [0, 0.1) is 0 Å². The fraction of sp³-hybridized carbons (Fsp3) is 0.308. The van der Waals surface area contributed by atoms with E-state index in [0.29, 0.717) is 0 Å². The second-order valence-corrected chi connectivity index (χ2v) is 3.91. The summed E-state index contributed by atoms with van der Waals surface area (Å²) >= 11 is 0. The number of allylic oxidation sites excluding steroid dienone is 1. The van der Waals surface area contributed by atoms with Crippen molar-refractivity contribution in [1.29, 1.82) is 0 Å². The van der Waals surface area contributed by atoms with Crippen molar-refractivity contribution < 1.29 is 0 Å². The number of aliphatic imine (C=N–C) groups is 1. The average Bonchev–Trinajstić information content (AvgIpc) is 2.60. The zero-order valence-electron chi connectivity index (χ0n) is 10.2. The van der Waals surface area contributed by atoms with Gasteiger partial charge in [0.25, 0.3) is 0 Å². The van der Waals surface area contributed by atoms with E-state index < -0.39 is 0 Å². The molecule has 0 fully saturated rings. The first-order chi connectivity index (χ1) is 7.60. The first-order valence-electron chi connectivity index (χ1n) is 5.25. The third kappa shape index (κ3) is 2.70. The SMILES string of the molecule is C=CNC1=NC=C(C(=C)CN(C)C)/C1=C/C. The maximum Gasteiger partial charge on any atom is 0.137 e. The predicted octanol–water partition coefficient (Wildman–Crippen LogP) is 2.08. The Labute approximate surface area is 97.6 Å². The highest BCUT2D eigenvalue weighted by molar-refractivity contribution is 6.06. The Balaban J connectivity index is 2.80. The monoisotopic (exact) mass is 217 g/mol. The van der Waals surface area contributed by atoms with Gasteiger partial charge in [-0.3, -0.25) is 0 Å². The van der Waals surface area contributed by atoms with E-state index in [1.165, 1.54) is 0 Å². The highest BCUT2D eigenvalue weighted by atomic mass is 15.1. The van der Waals surface area contributed by atoms with Gasteiger partial charge < -0.3 is 10.2 Å². The van der Waals surface area contributed by atoms with Crippen LogP contribution in [0.3, 0.4) is 0 Å². The van der Waals surface area contributed by atoms with Gasteiger partial charge in [0.1, 0.15) is 5.84 Å². The molecule has 86 valence electrons. The highest BCUT2D eigenvalue weighted by Crippen LogP contribution is 2.24.